The molecule has 0 aliphatic heterocycles. The van der Waals surface area contributed by atoms with Gasteiger partial charge in [0.1, 0.15) is 11.4 Å². The third-order valence-electron chi connectivity index (χ3n) is 5.92. The highest BCUT2D eigenvalue weighted by atomic mass is 19.4. The summed E-state index contributed by atoms with van der Waals surface area (Å²) in [5.74, 6) is 0.854. The van der Waals surface area contributed by atoms with Crippen LogP contribution in [0.15, 0.2) is 54.7 Å². The Morgan fingerprint density at radius 3 is 2.36 bits per heavy atom. The fourth-order valence-electron chi connectivity index (χ4n) is 4.34. The lowest BCUT2D eigenvalue weighted by molar-refractivity contribution is -0.137. The first kappa shape index (κ1) is 23.1. The summed E-state index contributed by atoms with van der Waals surface area (Å²) in [6, 6.07) is 15.4. The van der Waals surface area contributed by atoms with E-state index < -0.39 is 11.7 Å². The number of aromatic nitrogens is 2. The molecule has 0 radical (unpaired) electrons. The summed E-state index contributed by atoms with van der Waals surface area (Å²) in [5, 5.41) is 5.90. The highest BCUT2D eigenvalue weighted by molar-refractivity contribution is 5.63. The quantitative estimate of drug-likeness (QED) is 0.382. The Bertz CT molecular complexity index is 1070. The number of alkyl halides is 3. The van der Waals surface area contributed by atoms with E-state index in [-0.39, 0.29) is 11.8 Å². The average molecular weight is 455 g/mol. The van der Waals surface area contributed by atoms with Crippen LogP contribution in [0, 0.1) is 5.92 Å². The van der Waals surface area contributed by atoms with Crippen molar-refractivity contribution in [3.05, 3.63) is 71.4 Å². The maximum atomic E-state index is 13.6. The van der Waals surface area contributed by atoms with Gasteiger partial charge in [-0.1, -0.05) is 51.0 Å². The fraction of sp³-hybridized carbons (Fsp3) is 0.385. The van der Waals surface area contributed by atoms with Crippen LogP contribution in [0.3, 0.4) is 0 Å². The molecular weight excluding hydrogens is 425 g/mol. The standard InChI is InChI=1S/C26H29F3N4/c1-17(2)14-18-10-12-21(13-11-18)32-25-30-16-23(26(27,28)29)24(33-25)31-22-9-5-8-20(15-22)19-6-3-4-7-19/h5,8-13,15-17,19H,3-4,6-7,14H2,1-2H3,(H2,30,31,32,33). The number of benzene rings is 2. The summed E-state index contributed by atoms with van der Waals surface area (Å²) in [4.78, 5) is 8.09. The first-order valence-electron chi connectivity index (χ1n) is 11.4. The van der Waals surface area contributed by atoms with Crippen LogP contribution >= 0.6 is 0 Å². The normalized spacial score (nSPS) is 14.6. The van der Waals surface area contributed by atoms with Crippen LogP contribution in [-0.4, -0.2) is 9.97 Å². The molecule has 0 amide bonds. The SMILES string of the molecule is CC(C)Cc1ccc(Nc2ncc(C(F)(F)F)c(Nc3cccc(C4CCCC4)c3)n2)cc1. The third kappa shape index (κ3) is 6.03. The molecule has 4 rings (SSSR count). The average Bonchev–Trinajstić information content (AvgIpc) is 3.29. The van der Waals surface area contributed by atoms with Crippen LogP contribution in [-0.2, 0) is 12.6 Å². The Morgan fingerprint density at radius 2 is 1.70 bits per heavy atom. The summed E-state index contributed by atoms with van der Waals surface area (Å²) in [6.45, 7) is 4.31. The molecule has 1 fully saturated rings. The van der Waals surface area contributed by atoms with Gasteiger partial charge in [0.15, 0.2) is 0 Å². The van der Waals surface area contributed by atoms with E-state index in [9.17, 15) is 13.2 Å². The van der Waals surface area contributed by atoms with Crippen LogP contribution in [0.25, 0.3) is 0 Å². The molecule has 0 bridgehead atoms. The Morgan fingerprint density at radius 1 is 0.970 bits per heavy atom. The number of anilines is 4. The molecule has 33 heavy (non-hydrogen) atoms. The zero-order valence-corrected chi connectivity index (χ0v) is 18.9. The number of hydrogen-bond acceptors (Lipinski definition) is 4. The van der Waals surface area contributed by atoms with Crippen molar-refractivity contribution < 1.29 is 13.2 Å². The van der Waals surface area contributed by atoms with Crippen molar-refractivity contribution in [3.63, 3.8) is 0 Å². The predicted molar refractivity (Wildman–Crippen MR) is 126 cm³/mol. The van der Waals surface area contributed by atoms with Crippen LogP contribution in [0.2, 0.25) is 0 Å². The van der Waals surface area contributed by atoms with Crippen molar-refractivity contribution in [2.45, 2.75) is 58.0 Å². The Balaban J connectivity index is 1.57. The van der Waals surface area contributed by atoms with Crippen molar-refractivity contribution in [2.24, 2.45) is 5.92 Å². The highest BCUT2D eigenvalue weighted by Crippen LogP contribution is 2.37. The number of halogens is 3. The van der Waals surface area contributed by atoms with Gasteiger partial charge in [-0.25, -0.2) is 4.98 Å². The van der Waals surface area contributed by atoms with Crippen LogP contribution < -0.4 is 10.6 Å². The molecule has 0 unspecified atom stereocenters. The first-order valence-corrected chi connectivity index (χ1v) is 11.4. The van der Waals surface area contributed by atoms with Gasteiger partial charge in [-0.2, -0.15) is 18.2 Å². The zero-order valence-electron chi connectivity index (χ0n) is 18.9. The van der Waals surface area contributed by atoms with Gasteiger partial charge in [0.25, 0.3) is 0 Å². The lowest BCUT2D eigenvalue weighted by Crippen LogP contribution is -2.12. The van der Waals surface area contributed by atoms with Crippen molar-refractivity contribution in [1.29, 1.82) is 0 Å². The van der Waals surface area contributed by atoms with Crippen LogP contribution in [0.1, 0.15) is 62.1 Å². The molecule has 1 aliphatic rings. The summed E-state index contributed by atoms with van der Waals surface area (Å²) >= 11 is 0. The van der Waals surface area contributed by atoms with Crippen molar-refractivity contribution in [3.8, 4) is 0 Å². The van der Waals surface area contributed by atoms with Gasteiger partial charge < -0.3 is 10.6 Å². The molecule has 0 saturated heterocycles. The van der Waals surface area contributed by atoms with Gasteiger partial charge in [0, 0.05) is 17.6 Å². The molecule has 0 spiro atoms. The molecule has 2 N–H and O–H groups in total. The topological polar surface area (TPSA) is 49.8 Å². The molecule has 1 aromatic heterocycles. The number of rotatable bonds is 7. The summed E-state index contributed by atoms with van der Waals surface area (Å²) in [7, 11) is 0. The summed E-state index contributed by atoms with van der Waals surface area (Å²) in [6.07, 6.45) is 1.85. The monoisotopic (exact) mass is 454 g/mol. The second-order valence-electron chi connectivity index (χ2n) is 9.11. The van der Waals surface area contributed by atoms with Crippen LogP contribution in [0.5, 0.6) is 0 Å². The van der Waals surface area contributed by atoms with Gasteiger partial charge in [-0.3, -0.25) is 0 Å². The minimum atomic E-state index is -4.57. The van der Waals surface area contributed by atoms with Gasteiger partial charge >= 0.3 is 6.18 Å². The second-order valence-corrected chi connectivity index (χ2v) is 9.11. The Hall–Kier alpha value is -3.09. The first-order chi connectivity index (χ1) is 15.8. The minimum Gasteiger partial charge on any atom is -0.340 e. The van der Waals surface area contributed by atoms with E-state index in [1.54, 1.807) is 6.07 Å². The van der Waals surface area contributed by atoms with Crippen molar-refractivity contribution in [2.75, 3.05) is 10.6 Å². The molecule has 7 heteroatoms. The largest absolute Gasteiger partial charge is 0.421 e. The molecule has 2 aromatic carbocycles. The van der Waals surface area contributed by atoms with E-state index in [1.165, 1.54) is 18.4 Å². The van der Waals surface area contributed by atoms with E-state index in [0.29, 0.717) is 17.5 Å². The second kappa shape index (κ2) is 9.81. The van der Waals surface area contributed by atoms with Crippen molar-refractivity contribution >= 4 is 23.1 Å². The fourth-order valence-corrected chi connectivity index (χ4v) is 4.34. The molecule has 4 nitrogen and oxygen atoms in total. The van der Waals surface area contributed by atoms with E-state index in [4.69, 9.17) is 0 Å². The lowest BCUT2D eigenvalue weighted by Gasteiger charge is -2.16. The maximum Gasteiger partial charge on any atom is 0.421 e. The summed E-state index contributed by atoms with van der Waals surface area (Å²) < 4.78 is 40.9. The highest BCUT2D eigenvalue weighted by Gasteiger charge is 2.35. The smallest absolute Gasteiger partial charge is 0.340 e. The maximum absolute atomic E-state index is 13.6. The van der Waals surface area contributed by atoms with Gasteiger partial charge in [0.2, 0.25) is 5.95 Å². The van der Waals surface area contributed by atoms with Crippen molar-refractivity contribution in [1.82, 2.24) is 9.97 Å². The van der Waals surface area contributed by atoms with Gasteiger partial charge in [-0.05, 0) is 66.5 Å². The predicted octanol–water partition coefficient (Wildman–Crippen LogP) is 7.84. The zero-order chi connectivity index (χ0) is 23.4. The van der Waals surface area contributed by atoms with Gasteiger partial charge in [0.05, 0.1) is 0 Å². The summed E-state index contributed by atoms with van der Waals surface area (Å²) in [5.41, 5.74) is 2.77. The Kier molecular flexibility index (Phi) is 6.86. The number of hydrogen-bond donors (Lipinski definition) is 2. The molecule has 174 valence electrons. The molecule has 3 aromatic rings. The minimum absolute atomic E-state index is 0.106. The van der Waals surface area contributed by atoms with E-state index >= 15 is 0 Å². The molecule has 1 saturated carbocycles. The molecular formula is C26H29F3N4. The lowest BCUT2D eigenvalue weighted by atomic mass is 9.97. The number of nitrogens with zero attached hydrogens (tertiary/aromatic N) is 2. The van der Waals surface area contributed by atoms with E-state index in [0.717, 1.165) is 36.7 Å². The molecule has 1 heterocycles. The molecule has 0 atom stereocenters. The van der Waals surface area contributed by atoms with Gasteiger partial charge in [-0.15, -0.1) is 0 Å². The Labute approximate surface area is 192 Å². The molecule has 1 aliphatic carbocycles. The van der Waals surface area contributed by atoms with Crippen LogP contribution in [0.4, 0.5) is 36.3 Å². The number of nitrogens with one attached hydrogen (secondary N) is 2. The van der Waals surface area contributed by atoms with E-state index in [1.807, 2.05) is 42.5 Å². The van der Waals surface area contributed by atoms with E-state index in [2.05, 4.69) is 34.4 Å². The third-order valence-corrected chi connectivity index (χ3v) is 5.92.